The van der Waals surface area contributed by atoms with E-state index in [4.69, 9.17) is 0 Å². The molecule has 0 unspecified atom stereocenters. The van der Waals surface area contributed by atoms with E-state index in [1.165, 1.54) is 44.4 Å². The molecule has 3 aromatic carbocycles. The van der Waals surface area contributed by atoms with E-state index in [0.717, 1.165) is 19.3 Å². The molecule has 0 aliphatic heterocycles. The molecule has 0 N–H and O–H groups in total. The average Bonchev–Trinajstić information content (AvgIpc) is 3.12. The minimum atomic E-state index is 0.648. The van der Waals surface area contributed by atoms with Crippen LogP contribution in [0.1, 0.15) is 32.3 Å². The van der Waals surface area contributed by atoms with Gasteiger partial charge in [-0.3, -0.25) is 0 Å². The highest BCUT2D eigenvalue weighted by atomic mass is 15.1. The summed E-state index contributed by atoms with van der Waals surface area (Å²) >= 11 is 0. The number of rotatable bonds is 5. The van der Waals surface area contributed by atoms with Crippen LogP contribution >= 0.6 is 0 Å². The molecule has 156 valence electrons. The second-order valence-electron chi connectivity index (χ2n) is 8.99. The molecule has 0 amide bonds. The summed E-state index contributed by atoms with van der Waals surface area (Å²) in [5.74, 6) is 0.648. The number of nitrogens with zero attached hydrogens (tertiary/aromatic N) is 2. The van der Waals surface area contributed by atoms with Crippen LogP contribution in [0.25, 0.3) is 27.5 Å². The molecule has 0 radical (unpaired) electrons. The van der Waals surface area contributed by atoms with Crippen LogP contribution in [-0.2, 0) is 6.42 Å². The van der Waals surface area contributed by atoms with Crippen LogP contribution in [0, 0.1) is 5.92 Å². The van der Waals surface area contributed by atoms with Crippen molar-refractivity contribution in [3.63, 3.8) is 0 Å². The van der Waals surface area contributed by atoms with Gasteiger partial charge in [-0.05, 0) is 79.3 Å². The lowest BCUT2D eigenvalue weighted by Gasteiger charge is -2.20. The Morgan fingerprint density at radius 1 is 0.839 bits per heavy atom. The Bertz CT molecular complexity index is 1290. The summed E-state index contributed by atoms with van der Waals surface area (Å²) in [5, 5.41) is 2.66. The van der Waals surface area contributed by atoms with Crippen molar-refractivity contribution in [2.24, 2.45) is 5.92 Å². The first kappa shape index (κ1) is 19.7. The lowest BCUT2D eigenvalue weighted by Crippen LogP contribution is -2.08. The van der Waals surface area contributed by atoms with Crippen LogP contribution in [0.15, 0.2) is 85.0 Å². The number of fused-ring (bicyclic) bond motifs is 3. The third kappa shape index (κ3) is 3.67. The summed E-state index contributed by atoms with van der Waals surface area (Å²) in [5.41, 5.74) is 7.67. The van der Waals surface area contributed by atoms with Gasteiger partial charge in [-0.2, -0.15) is 0 Å². The number of hydrogen-bond donors (Lipinski definition) is 0. The smallest absolute Gasteiger partial charge is 0.0542 e. The number of hydrogen-bond acceptors (Lipinski definition) is 1. The van der Waals surface area contributed by atoms with Crippen molar-refractivity contribution in [1.29, 1.82) is 0 Å². The van der Waals surface area contributed by atoms with E-state index in [9.17, 15) is 0 Å². The standard InChI is InChI=1S/C29H30N2/c1-21(2)18-22-14-16-28-26(19-22)27-20-25(30(3)23-10-6-4-7-11-23)15-17-29(27)31(28)24-12-8-5-9-13-24/h4,6-8,10-17,19-21H,5,9,18H2,1-3H3. The Morgan fingerprint density at radius 3 is 2.29 bits per heavy atom. The quantitative estimate of drug-likeness (QED) is 0.326. The summed E-state index contributed by atoms with van der Waals surface area (Å²) in [4.78, 5) is 2.26. The molecule has 5 rings (SSSR count). The van der Waals surface area contributed by atoms with Gasteiger partial charge in [0.05, 0.1) is 11.0 Å². The minimum absolute atomic E-state index is 0.648. The van der Waals surface area contributed by atoms with Gasteiger partial charge in [-0.1, -0.05) is 50.3 Å². The first-order chi connectivity index (χ1) is 15.1. The summed E-state index contributed by atoms with van der Waals surface area (Å²) in [7, 11) is 2.15. The highest BCUT2D eigenvalue weighted by Gasteiger charge is 2.16. The predicted octanol–water partition coefficient (Wildman–Crippen LogP) is 7.95. The maximum Gasteiger partial charge on any atom is 0.0542 e. The van der Waals surface area contributed by atoms with E-state index in [-0.39, 0.29) is 0 Å². The Kier molecular flexibility index (Phi) is 5.15. The highest BCUT2D eigenvalue weighted by molar-refractivity contribution is 6.11. The predicted molar refractivity (Wildman–Crippen MR) is 135 cm³/mol. The normalized spacial score (nSPS) is 13.9. The van der Waals surface area contributed by atoms with Crippen LogP contribution in [0.5, 0.6) is 0 Å². The van der Waals surface area contributed by atoms with E-state index < -0.39 is 0 Å². The number of anilines is 2. The van der Waals surface area contributed by atoms with E-state index in [2.05, 4.69) is 115 Å². The number of benzene rings is 3. The van der Waals surface area contributed by atoms with Gasteiger partial charge in [0.1, 0.15) is 0 Å². The minimum Gasteiger partial charge on any atom is -0.345 e. The fourth-order valence-corrected chi connectivity index (χ4v) is 4.71. The fourth-order valence-electron chi connectivity index (χ4n) is 4.71. The van der Waals surface area contributed by atoms with Gasteiger partial charge in [0.25, 0.3) is 0 Å². The van der Waals surface area contributed by atoms with Crippen molar-refractivity contribution in [1.82, 2.24) is 4.57 Å². The maximum absolute atomic E-state index is 2.44. The van der Waals surface area contributed by atoms with E-state index in [0.29, 0.717) is 5.92 Å². The first-order valence-corrected chi connectivity index (χ1v) is 11.3. The van der Waals surface area contributed by atoms with Crippen LogP contribution in [0.3, 0.4) is 0 Å². The van der Waals surface area contributed by atoms with Gasteiger partial charge in [0.15, 0.2) is 0 Å². The molecule has 1 heterocycles. The Labute approximate surface area is 185 Å². The molecule has 4 aromatic rings. The summed E-state index contributed by atoms with van der Waals surface area (Å²) in [6.45, 7) is 4.58. The monoisotopic (exact) mass is 406 g/mol. The molecule has 1 aliphatic carbocycles. The van der Waals surface area contributed by atoms with E-state index >= 15 is 0 Å². The zero-order valence-corrected chi connectivity index (χ0v) is 18.7. The molecular formula is C29H30N2. The van der Waals surface area contributed by atoms with Crippen molar-refractivity contribution in [2.75, 3.05) is 11.9 Å². The van der Waals surface area contributed by atoms with Crippen LogP contribution in [-0.4, -0.2) is 11.6 Å². The van der Waals surface area contributed by atoms with E-state index in [1.807, 2.05) is 0 Å². The molecule has 1 aliphatic rings. The number of para-hydroxylation sites is 1. The molecule has 0 saturated heterocycles. The lowest BCUT2D eigenvalue weighted by molar-refractivity contribution is 0.648. The molecule has 2 heteroatoms. The molecule has 1 aromatic heterocycles. The lowest BCUT2D eigenvalue weighted by atomic mass is 10.0. The Balaban J connectivity index is 1.73. The second-order valence-corrected chi connectivity index (χ2v) is 8.99. The Morgan fingerprint density at radius 2 is 1.58 bits per heavy atom. The van der Waals surface area contributed by atoms with Crippen molar-refractivity contribution >= 4 is 38.9 Å². The third-order valence-electron chi connectivity index (χ3n) is 6.22. The topological polar surface area (TPSA) is 8.17 Å². The summed E-state index contributed by atoms with van der Waals surface area (Å²) < 4.78 is 2.44. The van der Waals surface area contributed by atoms with Gasteiger partial charge in [0, 0.05) is 34.9 Å². The first-order valence-electron chi connectivity index (χ1n) is 11.3. The zero-order valence-electron chi connectivity index (χ0n) is 18.7. The maximum atomic E-state index is 2.44. The van der Waals surface area contributed by atoms with Crippen molar-refractivity contribution in [3.05, 3.63) is 90.5 Å². The van der Waals surface area contributed by atoms with Gasteiger partial charge in [0.2, 0.25) is 0 Å². The summed E-state index contributed by atoms with van der Waals surface area (Å²) in [6.07, 6.45) is 10.3. The molecule has 31 heavy (non-hydrogen) atoms. The SMILES string of the molecule is CC(C)Cc1ccc2c(c1)c1cc(N(C)c3ccccc3)ccc1n2C1=CCCC=C1. The number of aromatic nitrogens is 1. The van der Waals surface area contributed by atoms with E-state index in [1.54, 1.807) is 0 Å². The molecule has 0 atom stereocenters. The molecule has 0 fully saturated rings. The van der Waals surface area contributed by atoms with Crippen LogP contribution < -0.4 is 4.90 Å². The molecule has 2 nitrogen and oxygen atoms in total. The van der Waals surface area contributed by atoms with Gasteiger partial charge in [-0.25, -0.2) is 0 Å². The van der Waals surface area contributed by atoms with Crippen molar-refractivity contribution < 1.29 is 0 Å². The van der Waals surface area contributed by atoms with Crippen molar-refractivity contribution in [2.45, 2.75) is 33.1 Å². The van der Waals surface area contributed by atoms with Gasteiger partial charge < -0.3 is 9.47 Å². The van der Waals surface area contributed by atoms with Crippen molar-refractivity contribution in [3.8, 4) is 0 Å². The second kappa shape index (κ2) is 8.11. The summed E-state index contributed by atoms with van der Waals surface area (Å²) in [6, 6.07) is 24.5. The molecule has 0 spiro atoms. The zero-order chi connectivity index (χ0) is 21.4. The average molecular weight is 407 g/mol. The molecular weight excluding hydrogens is 376 g/mol. The number of allylic oxidation sites excluding steroid dienone is 4. The third-order valence-corrected chi connectivity index (χ3v) is 6.22. The molecule has 0 saturated carbocycles. The molecule has 0 bridgehead atoms. The van der Waals surface area contributed by atoms with Gasteiger partial charge in [-0.15, -0.1) is 0 Å². The fraction of sp³-hybridized carbons (Fsp3) is 0.241. The van der Waals surface area contributed by atoms with Crippen LogP contribution in [0.2, 0.25) is 0 Å². The Hall–Kier alpha value is -3.26. The highest BCUT2D eigenvalue weighted by Crippen LogP contribution is 2.37. The van der Waals surface area contributed by atoms with Crippen LogP contribution in [0.4, 0.5) is 11.4 Å². The largest absolute Gasteiger partial charge is 0.345 e. The van der Waals surface area contributed by atoms with Gasteiger partial charge >= 0.3 is 0 Å².